The second-order valence-electron chi connectivity index (χ2n) is 6.15. The van der Waals surface area contributed by atoms with Crippen LogP contribution in [0.3, 0.4) is 0 Å². The number of esters is 1. The summed E-state index contributed by atoms with van der Waals surface area (Å²) in [5.74, 6) is -1.59. The van der Waals surface area contributed by atoms with Gasteiger partial charge in [-0.05, 0) is 30.9 Å². The van der Waals surface area contributed by atoms with Crippen LogP contribution < -0.4 is 0 Å². The van der Waals surface area contributed by atoms with Crippen molar-refractivity contribution in [3.63, 3.8) is 0 Å². The van der Waals surface area contributed by atoms with Gasteiger partial charge in [-0.25, -0.2) is 9.59 Å². The summed E-state index contributed by atoms with van der Waals surface area (Å²) in [7, 11) is 0. The standard InChI is InChI=1S/C20H30O4/c1-3-5-7-8-9-10-12-16-13-11-14-17(18(16)19(21)22)20(23)24-15-6-4-2/h11,13-14H,3-10,12,15H2,1-2H3,(H,21,22). The quantitative estimate of drug-likeness (QED) is 0.419. The van der Waals surface area contributed by atoms with Gasteiger partial charge in [0.1, 0.15) is 0 Å². The van der Waals surface area contributed by atoms with E-state index < -0.39 is 11.9 Å². The van der Waals surface area contributed by atoms with Crippen LogP contribution in [0.5, 0.6) is 0 Å². The molecule has 0 aromatic heterocycles. The molecule has 0 aliphatic carbocycles. The van der Waals surface area contributed by atoms with Gasteiger partial charge in [0.2, 0.25) is 0 Å². The van der Waals surface area contributed by atoms with Gasteiger partial charge in [-0.3, -0.25) is 0 Å². The number of benzene rings is 1. The number of carbonyl (C=O) groups is 2. The zero-order valence-electron chi connectivity index (χ0n) is 15.0. The van der Waals surface area contributed by atoms with Crippen LogP contribution in [0.15, 0.2) is 18.2 Å². The molecule has 0 amide bonds. The lowest BCUT2D eigenvalue weighted by atomic mass is 9.96. The van der Waals surface area contributed by atoms with Crippen molar-refractivity contribution in [3.8, 4) is 0 Å². The first-order chi connectivity index (χ1) is 11.6. The predicted octanol–water partition coefficient (Wildman–Crippen LogP) is 5.24. The molecule has 0 spiro atoms. The molecule has 0 aliphatic heterocycles. The highest BCUT2D eigenvalue weighted by molar-refractivity contribution is 6.03. The predicted molar refractivity (Wildman–Crippen MR) is 95.7 cm³/mol. The summed E-state index contributed by atoms with van der Waals surface area (Å²) in [5.41, 5.74) is 0.998. The maximum atomic E-state index is 12.2. The molecule has 0 radical (unpaired) electrons. The number of carbonyl (C=O) groups excluding carboxylic acids is 1. The minimum absolute atomic E-state index is 0.104. The number of carboxylic acid groups (broad SMARTS) is 1. The van der Waals surface area contributed by atoms with E-state index in [1.807, 2.05) is 6.92 Å². The van der Waals surface area contributed by atoms with Gasteiger partial charge in [0.15, 0.2) is 0 Å². The molecule has 1 aromatic rings. The fourth-order valence-electron chi connectivity index (χ4n) is 2.71. The SMILES string of the molecule is CCCCCCCCc1cccc(C(=O)OCCCC)c1C(=O)O. The van der Waals surface area contributed by atoms with E-state index in [2.05, 4.69) is 6.92 Å². The van der Waals surface area contributed by atoms with Crippen LogP contribution in [0, 0.1) is 0 Å². The van der Waals surface area contributed by atoms with E-state index >= 15 is 0 Å². The monoisotopic (exact) mass is 334 g/mol. The molecular formula is C20H30O4. The molecule has 1 aromatic carbocycles. The largest absolute Gasteiger partial charge is 0.478 e. The van der Waals surface area contributed by atoms with Crippen LogP contribution in [0.25, 0.3) is 0 Å². The Morgan fingerprint density at radius 3 is 2.29 bits per heavy atom. The van der Waals surface area contributed by atoms with Crippen LogP contribution in [0.2, 0.25) is 0 Å². The molecular weight excluding hydrogens is 304 g/mol. The number of ether oxygens (including phenoxy) is 1. The molecule has 4 heteroatoms. The van der Waals surface area contributed by atoms with Gasteiger partial charge in [-0.2, -0.15) is 0 Å². The molecule has 24 heavy (non-hydrogen) atoms. The van der Waals surface area contributed by atoms with Gasteiger partial charge in [0.05, 0.1) is 17.7 Å². The average Bonchev–Trinajstić information content (AvgIpc) is 2.57. The fraction of sp³-hybridized carbons (Fsp3) is 0.600. The van der Waals surface area contributed by atoms with E-state index in [4.69, 9.17) is 4.74 Å². The van der Waals surface area contributed by atoms with Crippen molar-refractivity contribution in [3.05, 3.63) is 34.9 Å². The number of aryl methyl sites for hydroxylation is 1. The highest BCUT2D eigenvalue weighted by atomic mass is 16.5. The molecule has 0 saturated heterocycles. The summed E-state index contributed by atoms with van der Waals surface area (Å²) < 4.78 is 5.18. The Morgan fingerprint density at radius 2 is 1.62 bits per heavy atom. The van der Waals surface area contributed by atoms with Gasteiger partial charge >= 0.3 is 11.9 Å². The van der Waals surface area contributed by atoms with Crippen LogP contribution in [-0.4, -0.2) is 23.7 Å². The third kappa shape index (κ3) is 6.73. The summed E-state index contributed by atoms with van der Waals surface area (Å²) in [5, 5.41) is 9.53. The molecule has 0 heterocycles. The number of hydrogen-bond acceptors (Lipinski definition) is 3. The van der Waals surface area contributed by atoms with Crippen molar-refractivity contribution < 1.29 is 19.4 Å². The van der Waals surface area contributed by atoms with Gasteiger partial charge in [-0.1, -0.05) is 64.5 Å². The first-order valence-corrected chi connectivity index (χ1v) is 9.14. The van der Waals surface area contributed by atoms with Crippen molar-refractivity contribution in [1.82, 2.24) is 0 Å². The van der Waals surface area contributed by atoms with E-state index in [1.165, 1.54) is 25.7 Å². The maximum absolute atomic E-state index is 12.2. The number of hydrogen-bond donors (Lipinski definition) is 1. The molecule has 0 fully saturated rings. The van der Waals surface area contributed by atoms with E-state index in [0.717, 1.165) is 31.2 Å². The average molecular weight is 334 g/mol. The molecule has 134 valence electrons. The molecule has 0 unspecified atom stereocenters. The lowest BCUT2D eigenvalue weighted by Gasteiger charge is -2.11. The molecule has 4 nitrogen and oxygen atoms in total. The Morgan fingerprint density at radius 1 is 0.958 bits per heavy atom. The van der Waals surface area contributed by atoms with Crippen molar-refractivity contribution in [1.29, 1.82) is 0 Å². The molecule has 0 aliphatic rings. The Labute approximate surface area is 145 Å². The number of unbranched alkanes of at least 4 members (excludes halogenated alkanes) is 6. The molecule has 0 atom stereocenters. The van der Waals surface area contributed by atoms with E-state index in [-0.39, 0.29) is 11.1 Å². The normalized spacial score (nSPS) is 10.6. The zero-order valence-corrected chi connectivity index (χ0v) is 15.0. The van der Waals surface area contributed by atoms with Gasteiger partial charge in [0.25, 0.3) is 0 Å². The van der Waals surface area contributed by atoms with Crippen LogP contribution in [0.1, 0.15) is 91.5 Å². The van der Waals surface area contributed by atoms with Crippen LogP contribution in [-0.2, 0) is 11.2 Å². The summed E-state index contributed by atoms with van der Waals surface area (Å²) >= 11 is 0. The summed E-state index contributed by atoms with van der Waals surface area (Å²) in [4.78, 5) is 23.8. The number of rotatable bonds is 12. The minimum Gasteiger partial charge on any atom is -0.478 e. The lowest BCUT2D eigenvalue weighted by molar-refractivity contribution is 0.0489. The van der Waals surface area contributed by atoms with E-state index in [9.17, 15) is 14.7 Å². The molecule has 0 bridgehead atoms. The van der Waals surface area contributed by atoms with Crippen molar-refractivity contribution in [2.24, 2.45) is 0 Å². The first kappa shape index (κ1) is 20.2. The zero-order chi connectivity index (χ0) is 17.8. The molecule has 0 saturated carbocycles. The van der Waals surface area contributed by atoms with Gasteiger partial charge in [0, 0.05) is 0 Å². The van der Waals surface area contributed by atoms with Crippen LogP contribution in [0.4, 0.5) is 0 Å². The Kier molecular flexibility index (Phi) is 9.81. The summed E-state index contributed by atoms with van der Waals surface area (Å²) in [6, 6.07) is 5.09. The maximum Gasteiger partial charge on any atom is 0.339 e. The Hall–Kier alpha value is -1.84. The van der Waals surface area contributed by atoms with Crippen molar-refractivity contribution in [2.75, 3.05) is 6.61 Å². The van der Waals surface area contributed by atoms with Gasteiger partial charge < -0.3 is 9.84 Å². The minimum atomic E-state index is -1.06. The lowest BCUT2D eigenvalue weighted by Crippen LogP contribution is -2.14. The van der Waals surface area contributed by atoms with Gasteiger partial charge in [-0.15, -0.1) is 0 Å². The summed E-state index contributed by atoms with van der Waals surface area (Å²) in [6.45, 7) is 4.53. The molecule has 1 rings (SSSR count). The van der Waals surface area contributed by atoms with Crippen molar-refractivity contribution >= 4 is 11.9 Å². The number of carboxylic acids is 1. The Balaban J connectivity index is 2.73. The smallest absolute Gasteiger partial charge is 0.339 e. The second-order valence-corrected chi connectivity index (χ2v) is 6.15. The number of aromatic carboxylic acids is 1. The van der Waals surface area contributed by atoms with Crippen molar-refractivity contribution in [2.45, 2.75) is 71.6 Å². The van der Waals surface area contributed by atoms with E-state index in [0.29, 0.717) is 13.0 Å². The highest BCUT2D eigenvalue weighted by Gasteiger charge is 2.21. The topological polar surface area (TPSA) is 63.6 Å². The second kappa shape index (κ2) is 11.7. The Bertz CT molecular complexity index is 522. The van der Waals surface area contributed by atoms with E-state index in [1.54, 1.807) is 18.2 Å². The molecule has 1 N–H and O–H groups in total. The first-order valence-electron chi connectivity index (χ1n) is 9.14. The highest BCUT2D eigenvalue weighted by Crippen LogP contribution is 2.19. The summed E-state index contributed by atoms with van der Waals surface area (Å²) in [6.07, 6.45) is 9.29. The third-order valence-corrected chi connectivity index (χ3v) is 4.12. The van der Waals surface area contributed by atoms with Crippen LogP contribution >= 0.6 is 0 Å². The third-order valence-electron chi connectivity index (χ3n) is 4.12. The fourth-order valence-corrected chi connectivity index (χ4v) is 2.71.